The van der Waals surface area contributed by atoms with Crippen LogP contribution in [-0.4, -0.2) is 0 Å². The van der Waals surface area contributed by atoms with E-state index in [1.54, 1.807) is 0 Å². The average Bonchev–Trinajstić information content (AvgIpc) is 2.32. The summed E-state index contributed by atoms with van der Waals surface area (Å²) in [5, 5.41) is 0. The maximum absolute atomic E-state index is 5.74. The first kappa shape index (κ1) is 11.5. The van der Waals surface area contributed by atoms with E-state index in [0.717, 1.165) is 24.0 Å². The molecule has 0 heterocycles. The zero-order chi connectivity index (χ0) is 11.4. The molecule has 3 atom stereocenters. The monoisotopic (exact) mass is 217 g/mol. The lowest BCUT2D eigenvalue weighted by molar-refractivity contribution is 0.370. The molecule has 0 aromatic rings. The molecule has 0 aliphatic heterocycles. The predicted molar refractivity (Wildman–Crippen MR) is 69.8 cm³/mol. The highest BCUT2D eigenvalue weighted by Gasteiger charge is 2.22. The quantitative estimate of drug-likeness (QED) is 0.715. The summed E-state index contributed by atoms with van der Waals surface area (Å²) in [6.07, 6.45) is 17.9. The normalized spacial score (nSPS) is 33.8. The van der Waals surface area contributed by atoms with Crippen LogP contribution in [0.4, 0.5) is 0 Å². The Hall–Kier alpha value is -0.980. The first-order chi connectivity index (χ1) is 7.79. The fourth-order valence-corrected chi connectivity index (χ4v) is 2.84. The molecule has 2 aliphatic carbocycles. The van der Waals surface area contributed by atoms with Crippen LogP contribution in [-0.2, 0) is 0 Å². The summed E-state index contributed by atoms with van der Waals surface area (Å²) in [6, 6.07) is 0. The van der Waals surface area contributed by atoms with Gasteiger partial charge in [-0.25, -0.2) is 0 Å². The molecule has 0 radical (unpaired) electrons. The minimum absolute atomic E-state index is 0.686. The van der Waals surface area contributed by atoms with Gasteiger partial charge in [-0.3, -0.25) is 0 Å². The van der Waals surface area contributed by atoms with Gasteiger partial charge in [-0.05, 0) is 49.5 Å². The van der Waals surface area contributed by atoms with Crippen LogP contribution in [0.2, 0.25) is 0 Å². The van der Waals surface area contributed by atoms with Gasteiger partial charge in [0.1, 0.15) is 0 Å². The molecule has 2 aliphatic rings. The molecule has 0 saturated carbocycles. The van der Waals surface area contributed by atoms with Gasteiger partial charge in [0.05, 0.1) is 0 Å². The van der Waals surface area contributed by atoms with Crippen molar-refractivity contribution in [3.8, 4) is 0 Å². The lowest BCUT2D eigenvalue weighted by atomic mass is 9.77. The summed E-state index contributed by atoms with van der Waals surface area (Å²) < 4.78 is 0. The Bertz CT molecular complexity index is 311. The summed E-state index contributed by atoms with van der Waals surface area (Å²) in [4.78, 5) is 0. The molecule has 16 heavy (non-hydrogen) atoms. The maximum Gasteiger partial charge on any atom is 0.0270 e. The molecule has 0 amide bonds. The van der Waals surface area contributed by atoms with Crippen LogP contribution < -0.4 is 5.73 Å². The molecule has 0 unspecified atom stereocenters. The second-order valence-electron chi connectivity index (χ2n) is 5.14. The molecule has 2 rings (SSSR count). The van der Waals surface area contributed by atoms with Crippen LogP contribution in [0, 0.1) is 17.8 Å². The number of hydrogen-bond acceptors (Lipinski definition) is 1. The Labute approximate surface area is 99.1 Å². The number of nitrogens with two attached hydrogens (primary N) is 1. The second kappa shape index (κ2) is 5.38. The second-order valence-corrected chi connectivity index (χ2v) is 5.14. The van der Waals surface area contributed by atoms with E-state index in [2.05, 4.69) is 37.3 Å². The summed E-state index contributed by atoms with van der Waals surface area (Å²) in [5.41, 5.74) is 6.67. The van der Waals surface area contributed by atoms with Crippen LogP contribution in [0.1, 0.15) is 39.0 Å². The smallest absolute Gasteiger partial charge is 0.0270 e. The van der Waals surface area contributed by atoms with Gasteiger partial charge in [-0.1, -0.05) is 37.6 Å². The van der Waals surface area contributed by atoms with Crippen LogP contribution in [0.15, 0.2) is 36.1 Å². The van der Waals surface area contributed by atoms with Gasteiger partial charge in [-0.15, -0.1) is 0 Å². The SMILES string of the molecule is CCC[C@H]1C=C[C@@H]([C@H]2C=CC(N)=CC2)CC1. The Kier molecular flexibility index (Phi) is 3.87. The van der Waals surface area contributed by atoms with E-state index in [0.29, 0.717) is 5.92 Å². The van der Waals surface area contributed by atoms with Crippen LogP contribution in [0.25, 0.3) is 0 Å². The molecular formula is C15H23N. The highest BCUT2D eigenvalue weighted by atomic mass is 14.6. The summed E-state index contributed by atoms with van der Waals surface area (Å²) in [6.45, 7) is 2.28. The van der Waals surface area contributed by atoms with Gasteiger partial charge in [0, 0.05) is 5.70 Å². The molecule has 0 spiro atoms. The van der Waals surface area contributed by atoms with E-state index in [1.165, 1.54) is 25.7 Å². The first-order valence-electron chi connectivity index (χ1n) is 6.61. The van der Waals surface area contributed by atoms with E-state index in [1.807, 2.05) is 0 Å². The lowest BCUT2D eigenvalue weighted by Gasteiger charge is -2.28. The molecule has 2 N–H and O–H groups in total. The van der Waals surface area contributed by atoms with Crippen molar-refractivity contribution in [1.29, 1.82) is 0 Å². The van der Waals surface area contributed by atoms with Crippen LogP contribution >= 0.6 is 0 Å². The van der Waals surface area contributed by atoms with Crippen molar-refractivity contribution in [3.63, 3.8) is 0 Å². The Morgan fingerprint density at radius 1 is 1.19 bits per heavy atom. The van der Waals surface area contributed by atoms with Gasteiger partial charge in [0.2, 0.25) is 0 Å². The molecule has 0 aromatic heterocycles. The number of rotatable bonds is 3. The zero-order valence-corrected chi connectivity index (χ0v) is 10.2. The highest BCUT2D eigenvalue weighted by Crippen LogP contribution is 2.33. The predicted octanol–water partition coefficient (Wildman–Crippen LogP) is 3.79. The largest absolute Gasteiger partial charge is 0.399 e. The first-order valence-corrected chi connectivity index (χ1v) is 6.61. The van der Waals surface area contributed by atoms with Crippen LogP contribution in [0.5, 0.6) is 0 Å². The van der Waals surface area contributed by atoms with Gasteiger partial charge < -0.3 is 5.73 Å². The summed E-state index contributed by atoms with van der Waals surface area (Å²) >= 11 is 0. The van der Waals surface area contributed by atoms with Crippen molar-refractivity contribution >= 4 is 0 Å². The van der Waals surface area contributed by atoms with E-state index in [9.17, 15) is 0 Å². The summed E-state index contributed by atoms with van der Waals surface area (Å²) in [5.74, 6) is 2.27. The third-order valence-electron chi connectivity index (χ3n) is 3.87. The lowest BCUT2D eigenvalue weighted by Crippen LogP contribution is -2.18. The number of allylic oxidation sites excluding steroid dienone is 5. The molecule has 0 bridgehead atoms. The molecule has 88 valence electrons. The average molecular weight is 217 g/mol. The molecule has 0 fully saturated rings. The standard InChI is InChI=1S/C15H23N/c1-2-3-12-4-6-13(7-5-12)14-8-10-15(16)11-9-14/h4,6,8,10-14H,2-3,5,7,9,16H2,1H3/t12-,13+,14-/m0/s1. The molecule has 0 aromatic carbocycles. The van der Waals surface area contributed by atoms with E-state index < -0.39 is 0 Å². The number of hydrogen-bond donors (Lipinski definition) is 1. The molecule has 0 saturated heterocycles. The highest BCUT2D eigenvalue weighted by molar-refractivity contribution is 5.22. The van der Waals surface area contributed by atoms with Crippen molar-refractivity contribution in [1.82, 2.24) is 0 Å². The molecule has 1 nitrogen and oxygen atoms in total. The van der Waals surface area contributed by atoms with Gasteiger partial charge in [-0.2, -0.15) is 0 Å². The fraction of sp³-hybridized carbons (Fsp3) is 0.600. The Balaban J connectivity index is 1.89. The van der Waals surface area contributed by atoms with Crippen molar-refractivity contribution in [2.75, 3.05) is 0 Å². The zero-order valence-electron chi connectivity index (χ0n) is 10.2. The van der Waals surface area contributed by atoms with Crippen LogP contribution in [0.3, 0.4) is 0 Å². The molecule has 1 heteroatoms. The fourth-order valence-electron chi connectivity index (χ4n) is 2.84. The topological polar surface area (TPSA) is 26.0 Å². The van der Waals surface area contributed by atoms with E-state index >= 15 is 0 Å². The minimum atomic E-state index is 0.686. The third-order valence-corrected chi connectivity index (χ3v) is 3.87. The van der Waals surface area contributed by atoms with Crippen molar-refractivity contribution in [2.24, 2.45) is 23.5 Å². The summed E-state index contributed by atoms with van der Waals surface area (Å²) in [7, 11) is 0. The van der Waals surface area contributed by atoms with Crippen molar-refractivity contribution in [2.45, 2.75) is 39.0 Å². The Morgan fingerprint density at radius 3 is 2.62 bits per heavy atom. The molecular weight excluding hydrogens is 194 g/mol. The Morgan fingerprint density at radius 2 is 2.06 bits per heavy atom. The third kappa shape index (κ3) is 2.78. The van der Waals surface area contributed by atoms with Gasteiger partial charge in [0.25, 0.3) is 0 Å². The van der Waals surface area contributed by atoms with E-state index in [-0.39, 0.29) is 0 Å². The van der Waals surface area contributed by atoms with Crippen molar-refractivity contribution < 1.29 is 0 Å². The van der Waals surface area contributed by atoms with Gasteiger partial charge in [0.15, 0.2) is 0 Å². The maximum atomic E-state index is 5.74. The van der Waals surface area contributed by atoms with Crippen molar-refractivity contribution in [3.05, 3.63) is 36.1 Å². The van der Waals surface area contributed by atoms with Gasteiger partial charge >= 0.3 is 0 Å². The minimum Gasteiger partial charge on any atom is -0.399 e. The van der Waals surface area contributed by atoms with E-state index in [4.69, 9.17) is 5.73 Å².